The fourth-order valence-corrected chi connectivity index (χ4v) is 2.49. The minimum absolute atomic E-state index is 0.632. The summed E-state index contributed by atoms with van der Waals surface area (Å²) in [6, 6.07) is 1.33. The maximum atomic E-state index is 5.47. The molecule has 1 N–H and O–H groups in total. The molecule has 2 rings (SSSR count). The third-order valence-electron chi connectivity index (χ3n) is 3.20. The first-order valence-corrected chi connectivity index (χ1v) is 5.81. The Morgan fingerprint density at radius 2 is 2.36 bits per heavy atom. The van der Waals surface area contributed by atoms with Crippen molar-refractivity contribution < 1.29 is 4.74 Å². The van der Waals surface area contributed by atoms with E-state index in [2.05, 4.69) is 24.1 Å². The van der Waals surface area contributed by atoms with E-state index in [0.717, 1.165) is 32.2 Å². The lowest BCUT2D eigenvalue weighted by atomic mass is 9.99. The molecular formula is C11H22N2O. The van der Waals surface area contributed by atoms with Crippen LogP contribution in [0.5, 0.6) is 0 Å². The zero-order chi connectivity index (χ0) is 9.97. The lowest BCUT2D eigenvalue weighted by molar-refractivity contribution is -0.0275. The highest BCUT2D eigenvalue weighted by Gasteiger charge is 2.30. The molecule has 14 heavy (non-hydrogen) atoms. The Bertz CT molecular complexity index is 184. The van der Waals surface area contributed by atoms with Crippen LogP contribution in [-0.4, -0.2) is 49.8 Å². The third kappa shape index (κ3) is 2.47. The fourth-order valence-electron chi connectivity index (χ4n) is 2.49. The highest BCUT2D eigenvalue weighted by atomic mass is 16.5. The van der Waals surface area contributed by atoms with E-state index in [0.29, 0.717) is 12.1 Å². The van der Waals surface area contributed by atoms with Gasteiger partial charge in [-0.3, -0.25) is 4.90 Å². The van der Waals surface area contributed by atoms with Gasteiger partial charge in [-0.2, -0.15) is 0 Å². The van der Waals surface area contributed by atoms with Crippen LogP contribution in [0.4, 0.5) is 0 Å². The van der Waals surface area contributed by atoms with Crippen LogP contribution in [-0.2, 0) is 4.74 Å². The van der Waals surface area contributed by atoms with Crippen molar-refractivity contribution in [2.45, 2.75) is 32.4 Å². The van der Waals surface area contributed by atoms with Crippen LogP contribution in [0, 0.1) is 5.92 Å². The average Bonchev–Trinajstić information content (AvgIpc) is 2.17. The second-order valence-corrected chi connectivity index (χ2v) is 4.96. The zero-order valence-corrected chi connectivity index (χ0v) is 9.33. The van der Waals surface area contributed by atoms with Crippen LogP contribution < -0.4 is 5.32 Å². The fraction of sp³-hybridized carbons (Fsp3) is 1.00. The number of fused-ring (bicyclic) bond motifs is 1. The molecule has 0 saturated carbocycles. The van der Waals surface area contributed by atoms with Crippen LogP contribution in [0.25, 0.3) is 0 Å². The molecule has 3 nitrogen and oxygen atoms in total. The minimum Gasteiger partial charge on any atom is -0.378 e. The first-order valence-electron chi connectivity index (χ1n) is 5.81. The molecule has 0 bridgehead atoms. The molecular weight excluding hydrogens is 176 g/mol. The van der Waals surface area contributed by atoms with E-state index < -0.39 is 0 Å². The third-order valence-corrected chi connectivity index (χ3v) is 3.20. The number of ether oxygens (including phenoxy) is 1. The summed E-state index contributed by atoms with van der Waals surface area (Å²) in [5.74, 6) is 0.796. The second-order valence-electron chi connectivity index (χ2n) is 4.96. The number of morpholine rings is 1. The summed E-state index contributed by atoms with van der Waals surface area (Å²) in [7, 11) is 0. The van der Waals surface area contributed by atoms with Gasteiger partial charge in [-0.15, -0.1) is 0 Å². The van der Waals surface area contributed by atoms with Gasteiger partial charge in [-0.25, -0.2) is 0 Å². The van der Waals surface area contributed by atoms with Gasteiger partial charge < -0.3 is 10.1 Å². The van der Waals surface area contributed by atoms with Gasteiger partial charge in [-0.05, 0) is 12.3 Å². The number of piperazine rings is 1. The van der Waals surface area contributed by atoms with Crippen molar-refractivity contribution in [3.63, 3.8) is 0 Å². The van der Waals surface area contributed by atoms with E-state index in [9.17, 15) is 0 Å². The molecule has 82 valence electrons. The van der Waals surface area contributed by atoms with Crippen molar-refractivity contribution in [2.75, 3.05) is 32.8 Å². The van der Waals surface area contributed by atoms with E-state index in [1.807, 2.05) is 0 Å². The van der Waals surface area contributed by atoms with Crippen molar-refractivity contribution in [1.82, 2.24) is 10.2 Å². The summed E-state index contributed by atoms with van der Waals surface area (Å²) in [6.07, 6.45) is 1.30. The summed E-state index contributed by atoms with van der Waals surface area (Å²) < 4.78 is 5.47. The molecule has 0 aliphatic carbocycles. The van der Waals surface area contributed by atoms with Gasteiger partial charge in [0.25, 0.3) is 0 Å². The predicted molar refractivity (Wildman–Crippen MR) is 57.4 cm³/mol. The summed E-state index contributed by atoms with van der Waals surface area (Å²) in [4.78, 5) is 2.59. The van der Waals surface area contributed by atoms with E-state index >= 15 is 0 Å². The Balaban J connectivity index is 1.83. The van der Waals surface area contributed by atoms with Gasteiger partial charge in [0.05, 0.1) is 13.2 Å². The summed E-state index contributed by atoms with van der Waals surface area (Å²) in [6.45, 7) is 9.89. The highest BCUT2D eigenvalue weighted by molar-refractivity contribution is 4.88. The molecule has 2 heterocycles. The molecule has 2 aliphatic heterocycles. The lowest BCUT2D eigenvalue weighted by Gasteiger charge is -2.43. The van der Waals surface area contributed by atoms with Gasteiger partial charge in [-0.1, -0.05) is 13.8 Å². The Morgan fingerprint density at radius 3 is 3.14 bits per heavy atom. The number of nitrogens with one attached hydrogen (secondary N) is 1. The second kappa shape index (κ2) is 4.60. The number of hydrogen-bond acceptors (Lipinski definition) is 3. The molecule has 2 aliphatic rings. The quantitative estimate of drug-likeness (QED) is 0.707. The topological polar surface area (TPSA) is 24.5 Å². The first-order chi connectivity index (χ1) is 6.75. The minimum atomic E-state index is 0.632. The van der Waals surface area contributed by atoms with Crippen molar-refractivity contribution in [3.05, 3.63) is 0 Å². The van der Waals surface area contributed by atoms with Crippen molar-refractivity contribution in [3.8, 4) is 0 Å². The van der Waals surface area contributed by atoms with Crippen molar-refractivity contribution in [1.29, 1.82) is 0 Å². The monoisotopic (exact) mass is 198 g/mol. The van der Waals surface area contributed by atoms with E-state index in [1.165, 1.54) is 13.0 Å². The largest absolute Gasteiger partial charge is 0.378 e. The normalized spacial score (nSPS) is 34.5. The van der Waals surface area contributed by atoms with Crippen molar-refractivity contribution in [2.24, 2.45) is 5.92 Å². The van der Waals surface area contributed by atoms with Gasteiger partial charge in [0.1, 0.15) is 0 Å². The highest BCUT2D eigenvalue weighted by Crippen LogP contribution is 2.15. The van der Waals surface area contributed by atoms with Crippen molar-refractivity contribution >= 4 is 0 Å². The summed E-state index contributed by atoms with van der Waals surface area (Å²) >= 11 is 0. The molecule has 0 spiro atoms. The lowest BCUT2D eigenvalue weighted by Crippen LogP contribution is -2.60. The molecule has 2 fully saturated rings. The average molecular weight is 198 g/mol. The van der Waals surface area contributed by atoms with E-state index in [-0.39, 0.29) is 0 Å². The first kappa shape index (κ1) is 10.4. The van der Waals surface area contributed by atoms with Gasteiger partial charge in [0.15, 0.2) is 0 Å². The molecule has 3 heteroatoms. The molecule has 0 radical (unpaired) electrons. The molecule has 2 saturated heterocycles. The Hall–Kier alpha value is -0.120. The Kier molecular flexibility index (Phi) is 3.42. The predicted octanol–water partition coefficient (Wildman–Crippen LogP) is 0.705. The summed E-state index contributed by atoms with van der Waals surface area (Å²) in [5.41, 5.74) is 0. The van der Waals surface area contributed by atoms with Gasteiger partial charge in [0, 0.05) is 31.7 Å². The van der Waals surface area contributed by atoms with Gasteiger partial charge >= 0.3 is 0 Å². The standard InChI is InChI=1S/C11H22N2O/c1-9(2)5-10-7-13-3-4-14-8-11(13)6-12-10/h9-12H,3-8H2,1-2H3/t10-,11?/m1/s1. The van der Waals surface area contributed by atoms with Crippen LogP contribution in [0.2, 0.25) is 0 Å². The SMILES string of the molecule is CC(C)C[C@@H]1CN2CCOCC2CN1. The van der Waals surface area contributed by atoms with Crippen LogP contribution in [0.15, 0.2) is 0 Å². The molecule has 0 aromatic carbocycles. The van der Waals surface area contributed by atoms with Crippen LogP contribution in [0.1, 0.15) is 20.3 Å². The van der Waals surface area contributed by atoms with Gasteiger partial charge in [0.2, 0.25) is 0 Å². The maximum Gasteiger partial charge on any atom is 0.0634 e. The van der Waals surface area contributed by atoms with E-state index in [1.54, 1.807) is 0 Å². The molecule has 2 atom stereocenters. The summed E-state index contributed by atoms with van der Waals surface area (Å²) in [5, 5.41) is 3.63. The zero-order valence-electron chi connectivity index (χ0n) is 9.33. The van der Waals surface area contributed by atoms with Crippen LogP contribution >= 0.6 is 0 Å². The molecule has 0 amide bonds. The van der Waals surface area contributed by atoms with Crippen LogP contribution in [0.3, 0.4) is 0 Å². The van der Waals surface area contributed by atoms with E-state index in [4.69, 9.17) is 4.74 Å². The number of nitrogens with zero attached hydrogens (tertiary/aromatic N) is 1. The molecule has 0 aromatic heterocycles. The molecule has 1 unspecified atom stereocenters. The smallest absolute Gasteiger partial charge is 0.0634 e. The maximum absolute atomic E-state index is 5.47. The Labute approximate surface area is 86.8 Å². The number of rotatable bonds is 2. The molecule has 0 aromatic rings. The number of hydrogen-bond donors (Lipinski definition) is 1. The Morgan fingerprint density at radius 1 is 1.50 bits per heavy atom.